The first-order valence-electron chi connectivity index (χ1n) is 6.31. The van der Waals surface area contributed by atoms with Crippen LogP contribution in [0.15, 0.2) is 30.5 Å². The van der Waals surface area contributed by atoms with Gasteiger partial charge < -0.3 is 20.7 Å². The van der Waals surface area contributed by atoms with Gasteiger partial charge in [0, 0.05) is 23.6 Å². The second kappa shape index (κ2) is 6.27. The lowest BCUT2D eigenvalue weighted by atomic mass is 10.2. The molecule has 9 heteroatoms. The Balaban J connectivity index is 0.00000192. The number of hydrogen-bond acceptors (Lipinski definition) is 5. The monoisotopic (exact) mass is 352 g/mol. The van der Waals surface area contributed by atoms with Crippen molar-refractivity contribution < 1.29 is 14.7 Å². The number of nitrogens with zero attached hydrogens (tertiary/aromatic N) is 2. The van der Waals surface area contributed by atoms with Crippen LogP contribution in [0.25, 0.3) is 10.1 Å². The number of nitrogen functional groups attached to an aromatic ring is 1. The molecule has 0 fully saturated rings. The largest absolute Gasteiger partial charge is 0.477 e. The molecule has 0 saturated heterocycles. The number of carboxylic acids is 1. The normalized spacial score (nSPS) is 10.3. The summed E-state index contributed by atoms with van der Waals surface area (Å²) < 4.78 is 2.38. The smallest absolute Gasteiger partial charge is 0.345 e. The highest BCUT2D eigenvalue weighted by Crippen LogP contribution is 2.28. The van der Waals surface area contributed by atoms with Gasteiger partial charge in [-0.25, -0.2) is 9.78 Å². The number of benzene rings is 1. The van der Waals surface area contributed by atoms with Gasteiger partial charge in [0.25, 0.3) is 5.91 Å². The molecular weight excluding hydrogens is 340 g/mol. The van der Waals surface area contributed by atoms with Gasteiger partial charge in [-0.2, -0.15) is 0 Å². The second-order valence-electron chi connectivity index (χ2n) is 4.72. The number of nitrogens with one attached hydrogen (secondary N) is 1. The molecule has 0 bridgehead atoms. The maximum atomic E-state index is 12.2. The predicted molar refractivity (Wildman–Crippen MR) is 91.6 cm³/mol. The van der Waals surface area contributed by atoms with Gasteiger partial charge in [-0.3, -0.25) is 4.79 Å². The first-order valence-corrected chi connectivity index (χ1v) is 7.13. The van der Waals surface area contributed by atoms with Crippen molar-refractivity contribution in [3.05, 3.63) is 41.2 Å². The molecule has 1 aromatic carbocycles. The number of nitrogens with two attached hydrogens (primary N) is 1. The summed E-state index contributed by atoms with van der Waals surface area (Å²) in [6, 6.07) is 6.79. The van der Waals surface area contributed by atoms with Gasteiger partial charge in [-0.15, -0.1) is 23.7 Å². The number of rotatable bonds is 3. The number of aryl methyl sites for hydroxylation is 1. The molecule has 2 aromatic heterocycles. The lowest BCUT2D eigenvalue weighted by Gasteiger charge is -2.05. The summed E-state index contributed by atoms with van der Waals surface area (Å²) in [5, 5.41) is 12.5. The highest BCUT2D eigenvalue weighted by molar-refractivity contribution is 7.20. The Bertz CT molecular complexity index is 903. The third kappa shape index (κ3) is 3.27. The van der Waals surface area contributed by atoms with E-state index in [9.17, 15) is 9.59 Å². The topological polar surface area (TPSA) is 110 Å². The van der Waals surface area contributed by atoms with Crippen LogP contribution in [0.5, 0.6) is 0 Å². The van der Waals surface area contributed by atoms with Crippen LogP contribution < -0.4 is 11.1 Å². The van der Waals surface area contributed by atoms with E-state index < -0.39 is 5.97 Å². The quantitative estimate of drug-likeness (QED) is 0.671. The number of imidazole rings is 1. The minimum atomic E-state index is -0.963. The highest BCUT2D eigenvalue weighted by Gasteiger charge is 2.14. The van der Waals surface area contributed by atoms with Crippen molar-refractivity contribution in [3.8, 4) is 0 Å². The number of carboxylic acid groups (broad SMARTS) is 1. The minimum absolute atomic E-state index is 0. The molecule has 0 unspecified atom stereocenters. The van der Waals surface area contributed by atoms with E-state index in [-0.39, 0.29) is 34.8 Å². The Kier molecular flexibility index (Phi) is 4.57. The van der Waals surface area contributed by atoms with Gasteiger partial charge in [0.15, 0.2) is 0 Å². The molecule has 2 heterocycles. The van der Waals surface area contributed by atoms with Crippen molar-refractivity contribution in [1.29, 1.82) is 0 Å². The van der Waals surface area contributed by atoms with Crippen LogP contribution in [0.1, 0.15) is 20.3 Å². The number of amides is 1. The van der Waals surface area contributed by atoms with Crippen LogP contribution in [0, 0.1) is 0 Å². The molecule has 0 saturated carbocycles. The molecule has 0 aliphatic rings. The fraction of sp³-hybridized carbons (Fsp3) is 0.0714. The molecule has 7 nitrogen and oxygen atoms in total. The summed E-state index contributed by atoms with van der Waals surface area (Å²) >= 11 is 1.19. The van der Waals surface area contributed by atoms with E-state index in [1.807, 2.05) is 0 Å². The molecule has 3 aromatic rings. The van der Waals surface area contributed by atoms with Crippen LogP contribution >= 0.6 is 23.7 Å². The molecule has 120 valence electrons. The maximum absolute atomic E-state index is 12.2. The van der Waals surface area contributed by atoms with E-state index in [2.05, 4.69) is 10.3 Å². The third-order valence-electron chi connectivity index (χ3n) is 3.08. The average Bonchev–Trinajstić information content (AvgIpc) is 3.01. The van der Waals surface area contributed by atoms with Crippen LogP contribution in [-0.2, 0) is 7.05 Å². The number of anilines is 2. The van der Waals surface area contributed by atoms with Crippen molar-refractivity contribution in [2.45, 2.75) is 0 Å². The van der Waals surface area contributed by atoms with Gasteiger partial charge in [-0.05, 0) is 29.7 Å². The summed E-state index contributed by atoms with van der Waals surface area (Å²) in [5.74, 6) is -0.872. The number of halogens is 1. The molecule has 0 radical (unpaired) electrons. The van der Waals surface area contributed by atoms with Crippen molar-refractivity contribution in [3.63, 3.8) is 0 Å². The lowest BCUT2D eigenvalue weighted by Crippen LogP contribution is -2.16. The average molecular weight is 353 g/mol. The SMILES string of the molecule is Cl.Cn1cc(N)nc1C(=O)Nc1ccc2sc(C(=O)O)cc2c1. The van der Waals surface area contributed by atoms with Gasteiger partial charge in [-0.1, -0.05) is 0 Å². The van der Waals surface area contributed by atoms with Crippen molar-refractivity contribution in [2.24, 2.45) is 7.05 Å². The van der Waals surface area contributed by atoms with Crippen molar-refractivity contribution in [1.82, 2.24) is 9.55 Å². The summed E-state index contributed by atoms with van der Waals surface area (Å²) in [5.41, 5.74) is 6.11. The summed E-state index contributed by atoms with van der Waals surface area (Å²) in [6.45, 7) is 0. The lowest BCUT2D eigenvalue weighted by molar-refractivity contribution is 0.0702. The molecule has 3 rings (SSSR count). The van der Waals surface area contributed by atoms with Crippen LogP contribution in [0.3, 0.4) is 0 Å². The van der Waals surface area contributed by atoms with Crippen LogP contribution in [-0.4, -0.2) is 26.5 Å². The Morgan fingerprint density at radius 2 is 2.09 bits per heavy atom. The van der Waals surface area contributed by atoms with E-state index >= 15 is 0 Å². The molecule has 23 heavy (non-hydrogen) atoms. The van der Waals surface area contributed by atoms with Crippen molar-refractivity contribution >= 4 is 57.2 Å². The number of hydrogen-bond donors (Lipinski definition) is 3. The summed E-state index contributed by atoms with van der Waals surface area (Å²) in [7, 11) is 1.68. The van der Waals surface area contributed by atoms with Gasteiger partial charge >= 0.3 is 5.97 Å². The predicted octanol–water partition coefficient (Wildman–Crippen LogP) is 2.59. The van der Waals surface area contributed by atoms with Crippen LogP contribution in [0.2, 0.25) is 0 Å². The Morgan fingerprint density at radius 1 is 1.35 bits per heavy atom. The Hall–Kier alpha value is -2.58. The fourth-order valence-corrected chi connectivity index (χ4v) is 3.00. The molecule has 0 aliphatic heterocycles. The number of thiophene rings is 1. The second-order valence-corrected chi connectivity index (χ2v) is 5.81. The zero-order chi connectivity index (χ0) is 15.9. The number of fused-ring (bicyclic) bond motifs is 1. The summed E-state index contributed by atoms with van der Waals surface area (Å²) in [4.78, 5) is 27.3. The number of carbonyl (C=O) groups excluding carboxylic acids is 1. The zero-order valence-electron chi connectivity index (χ0n) is 11.9. The van der Waals surface area contributed by atoms with Gasteiger partial charge in [0.2, 0.25) is 5.82 Å². The molecule has 0 spiro atoms. The number of aromatic nitrogens is 2. The highest BCUT2D eigenvalue weighted by atomic mass is 35.5. The fourth-order valence-electron chi connectivity index (χ4n) is 2.11. The number of carbonyl (C=O) groups is 2. The molecule has 4 N–H and O–H groups in total. The summed E-state index contributed by atoms with van der Waals surface area (Å²) in [6.07, 6.45) is 1.55. The van der Waals surface area contributed by atoms with Crippen LogP contribution in [0.4, 0.5) is 11.5 Å². The zero-order valence-corrected chi connectivity index (χ0v) is 13.6. The van der Waals surface area contributed by atoms with E-state index in [1.165, 1.54) is 15.9 Å². The molecular formula is C14H13ClN4O3S. The number of aromatic carboxylic acids is 1. The standard InChI is InChI=1S/C14H12N4O3S.ClH/c1-18-6-11(15)17-12(18)13(19)16-8-2-3-9-7(4-8)5-10(22-9)14(20)21;/h2-6H,15H2,1H3,(H,16,19)(H,20,21);1H. The first-order chi connectivity index (χ1) is 10.4. The van der Waals surface area contributed by atoms with Gasteiger partial charge in [0.1, 0.15) is 10.7 Å². The van der Waals surface area contributed by atoms with Gasteiger partial charge in [0.05, 0.1) is 0 Å². The molecule has 0 atom stereocenters. The van der Waals surface area contributed by atoms with E-state index in [4.69, 9.17) is 10.8 Å². The maximum Gasteiger partial charge on any atom is 0.345 e. The van der Waals surface area contributed by atoms with E-state index in [0.29, 0.717) is 5.69 Å². The molecule has 1 amide bonds. The minimum Gasteiger partial charge on any atom is -0.477 e. The molecule has 0 aliphatic carbocycles. The Labute approximate surface area is 141 Å². The first kappa shape index (κ1) is 16.8. The Morgan fingerprint density at radius 3 is 2.70 bits per heavy atom. The van der Waals surface area contributed by atoms with E-state index in [0.717, 1.165) is 10.1 Å². The third-order valence-corrected chi connectivity index (χ3v) is 4.19. The van der Waals surface area contributed by atoms with Crippen molar-refractivity contribution in [2.75, 3.05) is 11.1 Å². The van der Waals surface area contributed by atoms with E-state index in [1.54, 1.807) is 37.5 Å².